The van der Waals surface area contributed by atoms with Gasteiger partial charge in [0.15, 0.2) is 0 Å². The van der Waals surface area contributed by atoms with Crippen LogP contribution in [-0.2, 0) is 23.6 Å². The van der Waals surface area contributed by atoms with E-state index < -0.39 is 7.12 Å². The van der Waals surface area contributed by atoms with E-state index in [1.54, 1.807) is 32.1 Å². The van der Waals surface area contributed by atoms with Crippen LogP contribution in [0.25, 0.3) is 33.4 Å². The second kappa shape index (κ2) is 22.1. The monoisotopic (exact) mass is 898 g/mol. The summed E-state index contributed by atoms with van der Waals surface area (Å²) in [6, 6.07) is 28.4. The number of amides is 2. The van der Waals surface area contributed by atoms with Gasteiger partial charge >= 0.3 is 7.12 Å². The molecule has 0 fully saturated rings. The van der Waals surface area contributed by atoms with Crippen molar-refractivity contribution < 1.29 is 29.1 Å². The van der Waals surface area contributed by atoms with E-state index in [-0.39, 0.29) is 23.9 Å². The lowest BCUT2D eigenvalue weighted by Crippen LogP contribution is -2.35. The zero-order valence-corrected chi connectivity index (χ0v) is 36.4. The predicted molar refractivity (Wildman–Crippen MR) is 239 cm³/mol. The number of aryl methyl sites for hydroxylation is 4. The molecule has 0 spiro atoms. The molecule has 2 unspecified atom stereocenters. The molecular weight excluding hydrogens is 846 g/mol. The summed E-state index contributed by atoms with van der Waals surface area (Å²) in [5.74, 6) is -0.185. The molecule has 58 heavy (non-hydrogen) atoms. The lowest BCUT2D eigenvalue weighted by Gasteiger charge is -2.14. The third kappa shape index (κ3) is 14.1. The molecule has 4 aromatic carbocycles. The highest BCUT2D eigenvalue weighted by Crippen LogP contribution is 2.29. The minimum absolute atomic E-state index is 0.0156. The molecule has 2 atom stereocenters. The number of hydrogen-bond acceptors (Lipinski definition) is 8. The van der Waals surface area contributed by atoms with Crippen molar-refractivity contribution in [3.63, 3.8) is 0 Å². The lowest BCUT2D eigenvalue weighted by atomic mass is 9.83. The Kier molecular flexibility index (Phi) is 17.4. The van der Waals surface area contributed by atoms with E-state index in [9.17, 15) is 9.59 Å². The molecule has 0 bridgehead atoms. The van der Waals surface area contributed by atoms with Gasteiger partial charge in [0.25, 0.3) is 11.8 Å². The Balaban J connectivity index is 0.000000214. The van der Waals surface area contributed by atoms with E-state index in [2.05, 4.69) is 118 Å². The molecule has 4 N–H and O–H groups in total. The van der Waals surface area contributed by atoms with Crippen LogP contribution in [0.1, 0.15) is 45.7 Å². The van der Waals surface area contributed by atoms with Crippen molar-refractivity contribution in [2.75, 3.05) is 27.4 Å². The van der Waals surface area contributed by atoms with Crippen molar-refractivity contribution in [3.05, 3.63) is 136 Å². The molecule has 2 heterocycles. The highest BCUT2D eigenvalue weighted by atomic mass is 127. The Morgan fingerprint density at radius 3 is 1.48 bits per heavy atom. The van der Waals surface area contributed by atoms with Gasteiger partial charge in [-0.3, -0.25) is 19.0 Å². The van der Waals surface area contributed by atoms with Crippen LogP contribution in [0, 0.1) is 17.4 Å². The van der Waals surface area contributed by atoms with Crippen LogP contribution in [0.2, 0.25) is 0 Å². The van der Waals surface area contributed by atoms with E-state index in [0.717, 1.165) is 37.0 Å². The second-order valence-electron chi connectivity index (χ2n) is 14.1. The Labute approximate surface area is 354 Å². The van der Waals surface area contributed by atoms with E-state index >= 15 is 0 Å². The summed E-state index contributed by atoms with van der Waals surface area (Å²) >= 11 is 2.24. The lowest BCUT2D eigenvalue weighted by molar-refractivity contribution is 0.0898. The molecule has 2 amide bonds. The minimum Gasteiger partial charge on any atom is -0.423 e. The topological polar surface area (TPSA) is 153 Å². The van der Waals surface area contributed by atoms with Crippen LogP contribution >= 0.6 is 22.6 Å². The normalized spacial score (nSPS) is 11.6. The molecule has 0 aliphatic rings. The van der Waals surface area contributed by atoms with Crippen molar-refractivity contribution in [2.45, 2.75) is 39.8 Å². The highest BCUT2D eigenvalue weighted by molar-refractivity contribution is 14.1. The standard InChI is InChI=1S/C22H25N3O2.C18H20INO2.C4H7BN2O2/c1-15-5-7-17(8-6-15)18-9-19(21-12-23-25(3)13-21)11-20(10-18)22(26)24-16(2)14-27-4;1-12-4-6-14(7-5-12)15-8-16(10-17(19)9-15)18(21)20-13(2)11-22-3;1-7-3-4(2-6-7)5(8)9/h5-13,16H,14H2,1-4H3,(H,24,26);4-10,13H,11H2,1-3H3,(H,20,21);2-3,8-9H,1H3. The number of methoxy groups -OCH3 is 2. The molecular formula is C44H52BIN6O6. The quantitative estimate of drug-likeness (QED) is 0.0869. The summed E-state index contributed by atoms with van der Waals surface area (Å²) in [6.45, 7) is 8.95. The predicted octanol–water partition coefficient (Wildman–Crippen LogP) is 5.96. The first kappa shape index (κ1) is 45.6. The number of nitrogens with zero attached hydrogens (tertiary/aromatic N) is 4. The molecule has 12 nitrogen and oxygen atoms in total. The Morgan fingerprint density at radius 2 is 1.09 bits per heavy atom. The molecule has 6 aromatic rings. The molecule has 14 heteroatoms. The number of aromatic nitrogens is 4. The Bertz CT molecular complexity index is 2240. The molecule has 6 rings (SSSR count). The van der Waals surface area contributed by atoms with Gasteiger partial charge in [-0.25, -0.2) is 0 Å². The Morgan fingerprint density at radius 1 is 0.655 bits per heavy atom. The van der Waals surface area contributed by atoms with Crippen molar-refractivity contribution in [1.82, 2.24) is 30.2 Å². The van der Waals surface area contributed by atoms with Crippen LogP contribution in [0.3, 0.4) is 0 Å². The average molecular weight is 899 g/mol. The van der Waals surface area contributed by atoms with Gasteiger partial charge in [0.2, 0.25) is 0 Å². The average Bonchev–Trinajstić information content (AvgIpc) is 3.84. The molecule has 0 aliphatic carbocycles. The maximum atomic E-state index is 12.8. The fourth-order valence-corrected chi connectivity index (χ4v) is 6.48. The third-order valence-corrected chi connectivity index (χ3v) is 9.40. The molecule has 0 saturated heterocycles. The number of nitrogens with one attached hydrogen (secondary N) is 2. The van der Waals surface area contributed by atoms with Gasteiger partial charge in [-0.2, -0.15) is 10.2 Å². The minimum atomic E-state index is -1.40. The van der Waals surface area contributed by atoms with Crippen LogP contribution in [0.15, 0.2) is 110 Å². The van der Waals surface area contributed by atoms with Crippen LogP contribution in [0.5, 0.6) is 0 Å². The first-order valence-electron chi connectivity index (χ1n) is 18.7. The summed E-state index contributed by atoms with van der Waals surface area (Å²) in [7, 11) is 5.45. The van der Waals surface area contributed by atoms with Gasteiger partial charge in [-0.1, -0.05) is 59.7 Å². The molecule has 0 aliphatic heterocycles. The first-order valence-corrected chi connectivity index (χ1v) is 19.8. The maximum Gasteiger partial charge on any atom is 0.491 e. The highest BCUT2D eigenvalue weighted by Gasteiger charge is 2.15. The Hall–Kier alpha value is -5.13. The zero-order chi connectivity index (χ0) is 42.4. The number of rotatable bonds is 12. The van der Waals surface area contributed by atoms with Gasteiger partial charge in [0.05, 0.1) is 19.4 Å². The van der Waals surface area contributed by atoms with Gasteiger partial charge in [0, 0.05) is 84.7 Å². The van der Waals surface area contributed by atoms with Gasteiger partial charge < -0.3 is 30.2 Å². The SMILES string of the molecule is COCC(C)NC(=O)c1cc(-c2ccc(C)cc2)cc(-c2cnn(C)c2)c1.COCC(C)NC(=O)c1cc(I)cc(-c2ccc(C)cc2)c1.Cn1cc(B(O)O)cn1. The summed E-state index contributed by atoms with van der Waals surface area (Å²) in [5.41, 5.74) is 10.3. The fourth-order valence-electron chi connectivity index (χ4n) is 5.81. The van der Waals surface area contributed by atoms with Gasteiger partial charge in [-0.05, 0) is 115 Å². The fraction of sp³-hybridized carbons (Fsp3) is 0.273. The largest absolute Gasteiger partial charge is 0.491 e. The molecule has 304 valence electrons. The second-order valence-corrected chi connectivity index (χ2v) is 15.4. The summed E-state index contributed by atoms with van der Waals surface area (Å²) in [6.07, 6.45) is 6.71. The first-order chi connectivity index (χ1) is 27.6. The number of halogens is 1. The van der Waals surface area contributed by atoms with Crippen molar-refractivity contribution in [2.24, 2.45) is 14.1 Å². The summed E-state index contributed by atoms with van der Waals surface area (Å²) < 4.78 is 14.5. The number of carbonyl (C=O) groups is 2. The van der Waals surface area contributed by atoms with E-state index in [1.807, 2.05) is 57.6 Å². The van der Waals surface area contributed by atoms with Gasteiger partial charge in [-0.15, -0.1) is 0 Å². The molecule has 2 aromatic heterocycles. The smallest absolute Gasteiger partial charge is 0.423 e. The number of hydrogen-bond donors (Lipinski definition) is 4. The van der Waals surface area contributed by atoms with Crippen LogP contribution in [-0.4, -0.2) is 88.1 Å². The van der Waals surface area contributed by atoms with Crippen molar-refractivity contribution >= 4 is 47.0 Å². The van der Waals surface area contributed by atoms with E-state index in [1.165, 1.54) is 22.0 Å². The number of benzene rings is 4. The third-order valence-electron chi connectivity index (χ3n) is 8.77. The van der Waals surface area contributed by atoms with Crippen LogP contribution < -0.4 is 16.1 Å². The van der Waals surface area contributed by atoms with Crippen molar-refractivity contribution in [1.29, 1.82) is 0 Å². The van der Waals surface area contributed by atoms with E-state index in [0.29, 0.717) is 29.8 Å². The van der Waals surface area contributed by atoms with E-state index in [4.69, 9.17) is 19.5 Å². The number of carbonyl (C=O) groups excluding carboxylic acids is 2. The molecule has 0 radical (unpaired) electrons. The molecule has 0 saturated carbocycles. The summed E-state index contributed by atoms with van der Waals surface area (Å²) in [5, 5.41) is 31.0. The van der Waals surface area contributed by atoms with Crippen molar-refractivity contribution in [3.8, 4) is 33.4 Å². The van der Waals surface area contributed by atoms with Crippen LogP contribution in [0.4, 0.5) is 0 Å². The summed E-state index contributed by atoms with van der Waals surface area (Å²) in [4.78, 5) is 25.1. The maximum absolute atomic E-state index is 12.8. The number of ether oxygens (including phenoxy) is 2. The van der Waals surface area contributed by atoms with Gasteiger partial charge in [0.1, 0.15) is 0 Å². The zero-order valence-electron chi connectivity index (χ0n) is 34.2.